The molecular formula is C14H19FN2O2. The van der Waals surface area contributed by atoms with Crippen LogP contribution in [0, 0.1) is 5.82 Å². The molecule has 1 aromatic rings. The number of amides is 1. The molecule has 1 amide bonds. The minimum absolute atomic E-state index is 0.0198. The van der Waals surface area contributed by atoms with Gasteiger partial charge in [-0.1, -0.05) is 18.9 Å². The zero-order valence-electron chi connectivity index (χ0n) is 10.8. The van der Waals surface area contributed by atoms with E-state index in [-0.39, 0.29) is 11.6 Å². The quantitative estimate of drug-likeness (QED) is 0.781. The lowest BCUT2D eigenvalue weighted by atomic mass is 10.1. The fourth-order valence-electron chi connectivity index (χ4n) is 2.28. The van der Waals surface area contributed by atoms with E-state index in [4.69, 9.17) is 0 Å². The van der Waals surface area contributed by atoms with Crippen LogP contribution in [0.15, 0.2) is 18.2 Å². The second-order valence-electron chi connectivity index (χ2n) is 4.85. The van der Waals surface area contributed by atoms with E-state index in [9.17, 15) is 14.3 Å². The van der Waals surface area contributed by atoms with E-state index in [2.05, 4.69) is 10.6 Å². The lowest BCUT2D eigenvalue weighted by molar-refractivity contribution is 0.0945. The molecule has 1 aliphatic rings. The summed E-state index contributed by atoms with van der Waals surface area (Å²) in [6.07, 6.45) is 4.55. The van der Waals surface area contributed by atoms with Crippen LogP contribution in [-0.2, 0) is 0 Å². The molecule has 1 aliphatic heterocycles. The Hall–Kier alpha value is -1.62. The lowest BCUT2D eigenvalue weighted by Crippen LogP contribution is -2.40. The molecule has 4 nitrogen and oxygen atoms in total. The number of phenols is 1. The van der Waals surface area contributed by atoms with Gasteiger partial charge in [-0.3, -0.25) is 4.79 Å². The van der Waals surface area contributed by atoms with Crippen LogP contribution in [0.2, 0.25) is 0 Å². The molecule has 1 fully saturated rings. The Morgan fingerprint density at radius 1 is 1.42 bits per heavy atom. The van der Waals surface area contributed by atoms with Crippen LogP contribution < -0.4 is 10.6 Å². The van der Waals surface area contributed by atoms with Gasteiger partial charge < -0.3 is 15.7 Å². The first kappa shape index (κ1) is 13.8. The Morgan fingerprint density at radius 3 is 3.11 bits per heavy atom. The van der Waals surface area contributed by atoms with Crippen molar-refractivity contribution in [2.24, 2.45) is 0 Å². The number of carbonyl (C=O) groups excluding carboxylic acids is 1. The normalized spacial score (nSPS) is 19.7. The predicted octanol–water partition coefficient (Wildman–Crippen LogP) is 1.79. The molecule has 0 aliphatic carbocycles. The smallest absolute Gasteiger partial charge is 0.255 e. The molecule has 2 rings (SSSR count). The fraction of sp³-hybridized carbons (Fsp3) is 0.500. The van der Waals surface area contributed by atoms with E-state index in [0.717, 1.165) is 31.9 Å². The van der Waals surface area contributed by atoms with Gasteiger partial charge in [-0.05, 0) is 31.5 Å². The largest absolute Gasteiger partial charge is 0.504 e. The molecule has 19 heavy (non-hydrogen) atoms. The SMILES string of the molecule is O=C(NC[C@@H]1CCCCCN1)c1cccc(F)c1O. The van der Waals surface area contributed by atoms with Crippen LogP contribution in [0.1, 0.15) is 36.0 Å². The summed E-state index contributed by atoms with van der Waals surface area (Å²) in [7, 11) is 0. The highest BCUT2D eigenvalue weighted by Crippen LogP contribution is 2.20. The Balaban J connectivity index is 1.91. The van der Waals surface area contributed by atoms with Crippen LogP contribution in [0.4, 0.5) is 4.39 Å². The molecule has 1 saturated heterocycles. The van der Waals surface area contributed by atoms with E-state index in [1.807, 2.05) is 0 Å². The second kappa shape index (κ2) is 6.52. The van der Waals surface area contributed by atoms with E-state index in [1.165, 1.54) is 18.6 Å². The summed E-state index contributed by atoms with van der Waals surface area (Å²) in [4.78, 5) is 11.9. The third-order valence-electron chi connectivity index (χ3n) is 3.40. The summed E-state index contributed by atoms with van der Waals surface area (Å²) in [6.45, 7) is 1.46. The molecule has 0 unspecified atom stereocenters. The molecule has 5 heteroatoms. The van der Waals surface area contributed by atoms with E-state index < -0.39 is 17.5 Å². The molecule has 0 radical (unpaired) electrons. The van der Waals surface area contributed by atoms with Gasteiger partial charge in [0.1, 0.15) is 0 Å². The van der Waals surface area contributed by atoms with Crippen molar-refractivity contribution in [3.63, 3.8) is 0 Å². The monoisotopic (exact) mass is 266 g/mol. The maximum atomic E-state index is 13.1. The molecule has 0 aromatic heterocycles. The zero-order chi connectivity index (χ0) is 13.7. The van der Waals surface area contributed by atoms with Crippen molar-refractivity contribution in [1.29, 1.82) is 0 Å². The van der Waals surface area contributed by atoms with Gasteiger partial charge in [0.2, 0.25) is 0 Å². The van der Waals surface area contributed by atoms with Gasteiger partial charge >= 0.3 is 0 Å². The fourth-order valence-corrected chi connectivity index (χ4v) is 2.28. The summed E-state index contributed by atoms with van der Waals surface area (Å²) < 4.78 is 13.1. The van der Waals surface area contributed by atoms with Gasteiger partial charge in [0.05, 0.1) is 5.56 Å². The second-order valence-corrected chi connectivity index (χ2v) is 4.85. The Bertz CT molecular complexity index is 443. The topological polar surface area (TPSA) is 61.4 Å². The van der Waals surface area contributed by atoms with Crippen LogP contribution in [0.25, 0.3) is 0 Å². The molecule has 104 valence electrons. The average molecular weight is 266 g/mol. The van der Waals surface area contributed by atoms with Gasteiger partial charge in [-0.15, -0.1) is 0 Å². The summed E-state index contributed by atoms with van der Waals surface area (Å²) in [5.74, 6) is -1.81. The molecule has 1 aromatic carbocycles. The first-order valence-electron chi connectivity index (χ1n) is 6.67. The van der Waals surface area contributed by atoms with Crippen molar-refractivity contribution in [3.05, 3.63) is 29.6 Å². The molecule has 0 spiro atoms. The Morgan fingerprint density at radius 2 is 2.26 bits per heavy atom. The van der Waals surface area contributed by atoms with Crippen molar-refractivity contribution in [1.82, 2.24) is 10.6 Å². The summed E-state index contributed by atoms with van der Waals surface area (Å²) >= 11 is 0. The van der Waals surface area contributed by atoms with Crippen molar-refractivity contribution in [3.8, 4) is 5.75 Å². The maximum Gasteiger partial charge on any atom is 0.255 e. The number of carbonyl (C=O) groups is 1. The highest BCUT2D eigenvalue weighted by Gasteiger charge is 2.16. The first-order valence-corrected chi connectivity index (χ1v) is 6.67. The maximum absolute atomic E-state index is 13.1. The van der Waals surface area contributed by atoms with E-state index >= 15 is 0 Å². The Kier molecular flexibility index (Phi) is 4.74. The van der Waals surface area contributed by atoms with Gasteiger partial charge in [-0.2, -0.15) is 0 Å². The number of nitrogens with one attached hydrogen (secondary N) is 2. The molecular weight excluding hydrogens is 247 g/mol. The number of aromatic hydroxyl groups is 1. The molecule has 1 atom stereocenters. The molecule has 1 heterocycles. The van der Waals surface area contributed by atoms with Crippen molar-refractivity contribution < 1.29 is 14.3 Å². The van der Waals surface area contributed by atoms with Gasteiger partial charge in [0.15, 0.2) is 11.6 Å². The van der Waals surface area contributed by atoms with E-state index in [1.54, 1.807) is 0 Å². The minimum atomic E-state index is -0.778. The average Bonchev–Trinajstić information content (AvgIpc) is 2.68. The lowest BCUT2D eigenvalue weighted by Gasteiger charge is -2.16. The number of rotatable bonds is 3. The number of halogens is 1. The third kappa shape index (κ3) is 3.67. The Labute approximate surface area is 112 Å². The number of phenolic OH excluding ortho intramolecular Hbond substituents is 1. The summed E-state index contributed by atoms with van der Waals surface area (Å²) in [6, 6.07) is 4.20. The molecule has 0 saturated carbocycles. The highest BCUT2D eigenvalue weighted by atomic mass is 19.1. The van der Waals surface area contributed by atoms with Crippen LogP contribution in [-0.4, -0.2) is 30.1 Å². The number of para-hydroxylation sites is 1. The number of hydrogen-bond donors (Lipinski definition) is 3. The van der Waals surface area contributed by atoms with Crippen molar-refractivity contribution in [2.45, 2.75) is 31.7 Å². The van der Waals surface area contributed by atoms with Gasteiger partial charge in [-0.25, -0.2) is 4.39 Å². The highest BCUT2D eigenvalue weighted by molar-refractivity contribution is 5.96. The van der Waals surface area contributed by atoms with E-state index in [0.29, 0.717) is 6.54 Å². The van der Waals surface area contributed by atoms with Gasteiger partial charge in [0, 0.05) is 12.6 Å². The van der Waals surface area contributed by atoms with Crippen molar-refractivity contribution >= 4 is 5.91 Å². The number of benzene rings is 1. The van der Waals surface area contributed by atoms with Crippen molar-refractivity contribution in [2.75, 3.05) is 13.1 Å². The van der Waals surface area contributed by atoms with Crippen LogP contribution >= 0.6 is 0 Å². The third-order valence-corrected chi connectivity index (χ3v) is 3.40. The number of hydrogen-bond acceptors (Lipinski definition) is 3. The standard InChI is InChI=1S/C14H19FN2O2/c15-12-7-4-6-11(13(12)18)14(19)17-9-10-5-2-1-3-8-16-10/h4,6-7,10,16,18H,1-3,5,8-9H2,(H,17,19)/t10-/m0/s1. The first-order chi connectivity index (χ1) is 9.18. The minimum Gasteiger partial charge on any atom is -0.504 e. The zero-order valence-corrected chi connectivity index (χ0v) is 10.8. The predicted molar refractivity (Wildman–Crippen MR) is 70.7 cm³/mol. The molecule has 3 N–H and O–H groups in total. The summed E-state index contributed by atoms with van der Waals surface area (Å²) in [5.41, 5.74) is -0.0198. The van der Waals surface area contributed by atoms with Crippen LogP contribution in [0.3, 0.4) is 0 Å². The molecule has 0 bridgehead atoms. The van der Waals surface area contributed by atoms with Gasteiger partial charge in [0.25, 0.3) is 5.91 Å². The summed E-state index contributed by atoms with van der Waals surface area (Å²) in [5, 5.41) is 15.6. The van der Waals surface area contributed by atoms with Crippen LogP contribution in [0.5, 0.6) is 5.75 Å².